The van der Waals surface area contributed by atoms with E-state index in [0.29, 0.717) is 11.3 Å². The summed E-state index contributed by atoms with van der Waals surface area (Å²) in [5.74, 6) is -3.53. The van der Waals surface area contributed by atoms with Gasteiger partial charge in [-0.05, 0) is 36.8 Å². The van der Waals surface area contributed by atoms with E-state index >= 15 is 0 Å². The first-order valence-electron chi connectivity index (χ1n) is 6.56. The number of hydrogen-bond acceptors (Lipinski definition) is 3. The van der Waals surface area contributed by atoms with Gasteiger partial charge in [-0.1, -0.05) is 0 Å². The van der Waals surface area contributed by atoms with E-state index in [-0.39, 0.29) is 22.9 Å². The van der Waals surface area contributed by atoms with E-state index in [0.717, 1.165) is 12.1 Å². The summed E-state index contributed by atoms with van der Waals surface area (Å²) in [7, 11) is 2.80. The Bertz CT molecular complexity index is 702. The van der Waals surface area contributed by atoms with Crippen molar-refractivity contribution >= 4 is 0 Å². The molecule has 0 aliphatic rings. The Labute approximate surface area is 126 Å². The van der Waals surface area contributed by atoms with Crippen LogP contribution in [0.15, 0.2) is 24.3 Å². The van der Waals surface area contributed by atoms with E-state index in [4.69, 9.17) is 15.2 Å². The normalized spacial score (nSPS) is 12.1. The summed E-state index contributed by atoms with van der Waals surface area (Å²) in [4.78, 5) is 0. The van der Waals surface area contributed by atoms with Gasteiger partial charge in [0.1, 0.15) is 0 Å². The second-order valence-corrected chi connectivity index (χ2v) is 4.82. The van der Waals surface area contributed by atoms with Crippen LogP contribution in [-0.2, 0) is 0 Å². The highest BCUT2D eigenvalue weighted by Gasteiger charge is 2.21. The maximum absolute atomic E-state index is 14.1. The van der Waals surface area contributed by atoms with E-state index in [9.17, 15) is 13.2 Å². The summed E-state index contributed by atoms with van der Waals surface area (Å²) in [6, 6.07) is 4.88. The van der Waals surface area contributed by atoms with E-state index < -0.39 is 17.5 Å². The van der Waals surface area contributed by atoms with E-state index in [2.05, 4.69) is 0 Å². The maximum Gasteiger partial charge on any atom is 0.195 e. The molecule has 2 aromatic rings. The first kappa shape index (κ1) is 16.2. The highest BCUT2D eigenvalue weighted by atomic mass is 19.2. The first-order chi connectivity index (χ1) is 10.4. The van der Waals surface area contributed by atoms with E-state index in [1.807, 2.05) is 0 Å². The summed E-state index contributed by atoms with van der Waals surface area (Å²) >= 11 is 0. The molecule has 0 fully saturated rings. The zero-order valence-corrected chi connectivity index (χ0v) is 12.4. The van der Waals surface area contributed by atoms with Gasteiger partial charge < -0.3 is 15.2 Å². The number of ether oxygens (including phenoxy) is 2. The van der Waals surface area contributed by atoms with Crippen molar-refractivity contribution in [2.45, 2.75) is 13.0 Å². The molecule has 0 amide bonds. The average molecular weight is 311 g/mol. The molecule has 0 heterocycles. The Kier molecular flexibility index (Phi) is 4.61. The number of halogens is 3. The zero-order chi connectivity index (χ0) is 16.4. The molecule has 3 nitrogen and oxygen atoms in total. The van der Waals surface area contributed by atoms with Crippen molar-refractivity contribution < 1.29 is 22.6 Å². The number of methoxy groups -OCH3 is 2. The predicted octanol–water partition coefficient (Wildman–Crippen LogP) is 3.81. The molecular formula is C16H16F3NO2. The Hall–Kier alpha value is -2.21. The number of hydrogen-bond donors (Lipinski definition) is 1. The lowest BCUT2D eigenvalue weighted by Crippen LogP contribution is -2.07. The van der Waals surface area contributed by atoms with Gasteiger partial charge in [-0.2, -0.15) is 0 Å². The molecule has 2 N–H and O–H groups in total. The fourth-order valence-corrected chi connectivity index (χ4v) is 2.18. The molecule has 1 atom stereocenters. The Morgan fingerprint density at radius 2 is 1.64 bits per heavy atom. The molecule has 0 aliphatic heterocycles. The van der Waals surface area contributed by atoms with Crippen LogP contribution in [-0.4, -0.2) is 14.2 Å². The fraction of sp³-hybridized carbons (Fsp3) is 0.250. The first-order valence-corrected chi connectivity index (χ1v) is 6.56. The van der Waals surface area contributed by atoms with Crippen LogP contribution in [0.3, 0.4) is 0 Å². The molecule has 0 aromatic heterocycles. The van der Waals surface area contributed by atoms with Crippen LogP contribution < -0.4 is 15.2 Å². The van der Waals surface area contributed by atoms with E-state index in [1.54, 1.807) is 19.1 Å². The summed E-state index contributed by atoms with van der Waals surface area (Å²) in [6.07, 6.45) is 0. The molecule has 22 heavy (non-hydrogen) atoms. The molecule has 2 aromatic carbocycles. The molecule has 0 radical (unpaired) electrons. The highest BCUT2D eigenvalue weighted by Crippen LogP contribution is 2.41. The van der Waals surface area contributed by atoms with Gasteiger partial charge in [0.2, 0.25) is 0 Å². The lowest BCUT2D eigenvalue weighted by molar-refractivity contribution is 0.355. The smallest absolute Gasteiger partial charge is 0.195 e. The number of nitrogens with two attached hydrogens (primary N) is 1. The van der Waals surface area contributed by atoms with Crippen LogP contribution in [0.1, 0.15) is 18.5 Å². The summed E-state index contributed by atoms with van der Waals surface area (Å²) in [5.41, 5.74) is 6.61. The van der Waals surface area contributed by atoms with Gasteiger partial charge in [0.15, 0.2) is 29.0 Å². The SMILES string of the molecule is COc1cc(C(C)N)cc(-c2ccc(F)c(F)c2F)c1OC. The van der Waals surface area contributed by atoms with Crippen LogP contribution >= 0.6 is 0 Å². The van der Waals surface area contributed by atoms with Gasteiger partial charge >= 0.3 is 0 Å². The number of rotatable bonds is 4. The summed E-state index contributed by atoms with van der Waals surface area (Å²) < 4.78 is 51.2. The molecule has 6 heteroatoms. The van der Waals surface area contributed by atoms with Crippen molar-refractivity contribution in [2.24, 2.45) is 5.73 Å². The Morgan fingerprint density at radius 3 is 2.18 bits per heavy atom. The molecule has 2 rings (SSSR count). The highest BCUT2D eigenvalue weighted by molar-refractivity contribution is 5.75. The second kappa shape index (κ2) is 6.27. The van der Waals surface area contributed by atoms with Crippen molar-refractivity contribution in [2.75, 3.05) is 14.2 Å². The third-order valence-electron chi connectivity index (χ3n) is 3.35. The Balaban J connectivity index is 2.78. The van der Waals surface area contributed by atoms with Gasteiger partial charge in [-0.25, -0.2) is 13.2 Å². The lowest BCUT2D eigenvalue weighted by atomic mass is 9.98. The summed E-state index contributed by atoms with van der Waals surface area (Å²) in [6.45, 7) is 1.74. The van der Waals surface area contributed by atoms with Gasteiger partial charge in [0.25, 0.3) is 0 Å². The lowest BCUT2D eigenvalue weighted by Gasteiger charge is -2.17. The fourth-order valence-electron chi connectivity index (χ4n) is 2.18. The van der Waals surface area contributed by atoms with Crippen molar-refractivity contribution in [3.05, 3.63) is 47.3 Å². The van der Waals surface area contributed by atoms with Gasteiger partial charge in [0, 0.05) is 17.2 Å². The molecule has 0 bridgehead atoms. The van der Waals surface area contributed by atoms with Gasteiger partial charge in [-0.3, -0.25) is 0 Å². The van der Waals surface area contributed by atoms with Crippen molar-refractivity contribution in [1.82, 2.24) is 0 Å². The zero-order valence-electron chi connectivity index (χ0n) is 12.4. The van der Waals surface area contributed by atoms with Crippen LogP contribution in [0.25, 0.3) is 11.1 Å². The van der Waals surface area contributed by atoms with Crippen LogP contribution in [0.4, 0.5) is 13.2 Å². The minimum atomic E-state index is -1.54. The molecule has 0 aliphatic carbocycles. The quantitative estimate of drug-likeness (QED) is 0.873. The minimum Gasteiger partial charge on any atom is -0.493 e. The molecule has 0 spiro atoms. The molecular weight excluding hydrogens is 295 g/mol. The summed E-state index contributed by atoms with van der Waals surface area (Å²) in [5, 5.41) is 0. The van der Waals surface area contributed by atoms with Gasteiger partial charge in [-0.15, -0.1) is 0 Å². The standard InChI is InChI=1S/C16H16F3NO2/c1-8(20)9-6-11(16(22-3)13(7-9)21-2)10-4-5-12(17)15(19)14(10)18/h4-8H,20H2,1-3H3. The third kappa shape index (κ3) is 2.74. The van der Waals surface area contributed by atoms with Crippen molar-refractivity contribution in [1.29, 1.82) is 0 Å². The van der Waals surface area contributed by atoms with Crippen LogP contribution in [0.5, 0.6) is 11.5 Å². The minimum absolute atomic E-state index is 0.128. The molecule has 1 unspecified atom stereocenters. The van der Waals surface area contributed by atoms with Crippen molar-refractivity contribution in [3.63, 3.8) is 0 Å². The maximum atomic E-state index is 14.1. The second-order valence-electron chi connectivity index (χ2n) is 4.82. The Morgan fingerprint density at radius 1 is 0.955 bits per heavy atom. The topological polar surface area (TPSA) is 44.5 Å². The number of benzene rings is 2. The molecule has 0 saturated heterocycles. The van der Waals surface area contributed by atoms with Crippen LogP contribution in [0, 0.1) is 17.5 Å². The van der Waals surface area contributed by atoms with Crippen molar-refractivity contribution in [3.8, 4) is 22.6 Å². The largest absolute Gasteiger partial charge is 0.493 e. The van der Waals surface area contributed by atoms with E-state index in [1.165, 1.54) is 14.2 Å². The van der Waals surface area contributed by atoms with Crippen LogP contribution in [0.2, 0.25) is 0 Å². The predicted molar refractivity (Wildman–Crippen MR) is 77.5 cm³/mol. The average Bonchev–Trinajstić information content (AvgIpc) is 2.51. The third-order valence-corrected chi connectivity index (χ3v) is 3.35. The molecule has 118 valence electrons. The van der Waals surface area contributed by atoms with Gasteiger partial charge in [0.05, 0.1) is 14.2 Å². The monoisotopic (exact) mass is 311 g/mol. The molecule has 0 saturated carbocycles.